The number of carbonyl (C=O) groups is 1. The van der Waals surface area contributed by atoms with Crippen molar-refractivity contribution in [3.05, 3.63) is 24.3 Å². The van der Waals surface area contributed by atoms with Crippen LogP contribution in [0.25, 0.3) is 0 Å². The first-order valence-electron chi connectivity index (χ1n) is 8.13. The number of likely N-dealkylation sites (tertiary alicyclic amines) is 1. The number of nitrogens with zero attached hydrogens (tertiary/aromatic N) is 1. The molecule has 1 aliphatic rings. The molecule has 1 aromatic rings. The lowest BCUT2D eigenvalue weighted by Crippen LogP contribution is -2.51. The Balaban J connectivity index is 0.00000264. The molecular weight excluding hydrogens is 314 g/mol. The van der Waals surface area contributed by atoms with E-state index in [-0.39, 0.29) is 24.4 Å². The Bertz CT molecular complexity index is 496. The third kappa shape index (κ3) is 5.68. The van der Waals surface area contributed by atoms with Crippen molar-refractivity contribution in [1.29, 1.82) is 0 Å². The molecule has 0 spiro atoms. The van der Waals surface area contributed by atoms with Crippen molar-refractivity contribution in [2.24, 2.45) is 5.73 Å². The van der Waals surface area contributed by atoms with E-state index < -0.39 is 0 Å². The largest absolute Gasteiger partial charge is 0.492 e. The second kappa shape index (κ2) is 9.75. The molecule has 0 aromatic heterocycles. The van der Waals surface area contributed by atoms with Crippen LogP contribution in [0.2, 0.25) is 0 Å². The maximum absolute atomic E-state index is 12.4. The van der Waals surface area contributed by atoms with E-state index >= 15 is 0 Å². The fraction of sp³-hybridized carbons (Fsp3) is 0.588. The molecule has 0 saturated carbocycles. The number of piperidine rings is 1. The summed E-state index contributed by atoms with van der Waals surface area (Å²) in [4.78, 5) is 14.6. The Labute approximate surface area is 145 Å². The summed E-state index contributed by atoms with van der Waals surface area (Å²) in [6.07, 6.45) is 3.39. The number of rotatable bonds is 6. The number of carbonyl (C=O) groups excluding carboxylic acids is 1. The summed E-state index contributed by atoms with van der Waals surface area (Å²) in [6, 6.07) is 7.90. The topological polar surface area (TPSA) is 67.6 Å². The van der Waals surface area contributed by atoms with Crippen LogP contribution in [-0.4, -0.2) is 42.6 Å². The third-order valence-corrected chi connectivity index (χ3v) is 4.08. The number of nitrogens with two attached hydrogens (primary N) is 1. The van der Waals surface area contributed by atoms with E-state index in [1.54, 1.807) is 0 Å². The van der Waals surface area contributed by atoms with Crippen molar-refractivity contribution in [2.45, 2.75) is 45.2 Å². The number of ether oxygens (including phenoxy) is 1. The van der Waals surface area contributed by atoms with Crippen molar-refractivity contribution < 1.29 is 9.53 Å². The zero-order valence-electron chi connectivity index (χ0n) is 14.0. The van der Waals surface area contributed by atoms with E-state index in [1.165, 1.54) is 6.42 Å². The van der Waals surface area contributed by atoms with Gasteiger partial charge in [-0.1, -0.05) is 18.6 Å². The zero-order chi connectivity index (χ0) is 15.9. The van der Waals surface area contributed by atoms with Crippen LogP contribution in [0.1, 0.15) is 33.1 Å². The Morgan fingerprint density at radius 1 is 1.43 bits per heavy atom. The van der Waals surface area contributed by atoms with Gasteiger partial charge in [0, 0.05) is 12.1 Å². The average Bonchev–Trinajstić information content (AvgIpc) is 2.50. The second-order valence-corrected chi connectivity index (χ2v) is 5.87. The van der Waals surface area contributed by atoms with Gasteiger partial charge in [-0.2, -0.15) is 0 Å². The van der Waals surface area contributed by atoms with E-state index in [4.69, 9.17) is 10.5 Å². The number of halogens is 1. The van der Waals surface area contributed by atoms with Gasteiger partial charge in [0.15, 0.2) is 0 Å². The fourth-order valence-corrected chi connectivity index (χ4v) is 3.03. The Hall–Kier alpha value is -1.30. The van der Waals surface area contributed by atoms with Crippen LogP contribution in [0.5, 0.6) is 5.75 Å². The summed E-state index contributed by atoms with van der Waals surface area (Å²) < 4.78 is 5.54. The SMILES string of the molecule is CCOc1ccccc1NC(=O)CN1CCCCC1C(C)N.Cl. The molecule has 2 rings (SSSR count). The first-order chi connectivity index (χ1) is 10.6. The molecule has 1 saturated heterocycles. The van der Waals surface area contributed by atoms with Gasteiger partial charge in [-0.3, -0.25) is 9.69 Å². The molecule has 3 N–H and O–H groups in total. The zero-order valence-corrected chi connectivity index (χ0v) is 14.8. The molecule has 23 heavy (non-hydrogen) atoms. The molecule has 0 aliphatic carbocycles. The summed E-state index contributed by atoms with van der Waals surface area (Å²) in [6.45, 7) is 5.84. The lowest BCUT2D eigenvalue weighted by atomic mass is 9.97. The normalized spacial score (nSPS) is 19.5. The smallest absolute Gasteiger partial charge is 0.238 e. The van der Waals surface area contributed by atoms with E-state index in [1.807, 2.05) is 38.1 Å². The number of anilines is 1. The van der Waals surface area contributed by atoms with Gasteiger partial charge in [-0.05, 0) is 45.4 Å². The highest BCUT2D eigenvalue weighted by atomic mass is 35.5. The van der Waals surface area contributed by atoms with Gasteiger partial charge in [0.25, 0.3) is 0 Å². The van der Waals surface area contributed by atoms with Crippen LogP contribution in [0.15, 0.2) is 24.3 Å². The molecule has 0 bridgehead atoms. The maximum Gasteiger partial charge on any atom is 0.238 e. The van der Waals surface area contributed by atoms with E-state index in [0.717, 1.165) is 25.1 Å². The van der Waals surface area contributed by atoms with Crippen molar-refractivity contribution in [3.63, 3.8) is 0 Å². The van der Waals surface area contributed by atoms with E-state index in [0.29, 0.717) is 24.9 Å². The van der Waals surface area contributed by atoms with Gasteiger partial charge in [-0.25, -0.2) is 0 Å². The van der Waals surface area contributed by atoms with Gasteiger partial charge >= 0.3 is 0 Å². The molecule has 2 unspecified atom stereocenters. The van der Waals surface area contributed by atoms with Gasteiger partial charge in [0.05, 0.1) is 18.8 Å². The minimum Gasteiger partial charge on any atom is -0.492 e. The lowest BCUT2D eigenvalue weighted by Gasteiger charge is -2.37. The number of amides is 1. The lowest BCUT2D eigenvalue weighted by molar-refractivity contribution is -0.118. The Morgan fingerprint density at radius 3 is 2.87 bits per heavy atom. The van der Waals surface area contributed by atoms with Gasteiger partial charge in [0.2, 0.25) is 5.91 Å². The quantitative estimate of drug-likeness (QED) is 0.834. The summed E-state index contributed by atoms with van der Waals surface area (Å²) in [5.41, 5.74) is 6.78. The first kappa shape index (κ1) is 19.7. The summed E-state index contributed by atoms with van der Waals surface area (Å²) in [5, 5.41) is 2.96. The standard InChI is InChI=1S/C17H27N3O2.ClH/c1-3-22-16-10-5-4-8-14(16)19-17(21)12-20-11-7-6-9-15(20)13(2)18;/h4-5,8,10,13,15H,3,6-7,9,11-12,18H2,1-2H3,(H,19,21);1H. The monoisotopic (exact) mass is 341 g/mol. The van der Waals surface area contributed by atoms with Crippen molar-refractivity contribution in [1.82, 2.24) is 4.90 Å². The van der Waals surface area contributed by atoms with Crippen LogP contribution in [0.3, 0.4) is 0 Å². The molecule has 1 aromatic carbocycles. The second-order valence-electron chi connectivity index (χ2n) is 5.87. The van der Waals surface area contributed by atoms with Crippen molar-refractivity contribution in [2.75, 3.05) is 25.0 Å². The van der Waals surface area contributed by atoms with Crippen molar-refractivity contribution in [3.8, 4) is 5.75 Å². The minimum absolute atomic E-state index is 0. The number of benzene rings is 1. The summed E-state index contributed by atoms with van der Waals surface area (Å²) >= 11 is 0. The highest BCUT2D eigenvalue weighted by molar-refractivity contribution is 5.93. The Kier molecular flexibility index (Phi) is 8.37. The minimum atomic E-state index is -0.0142. The fourth-order valence-electron chi connectivity index (χ4n) is 3.03. The molecule has 2 atom stereocenters. The van der Waals surface area contributed by atoms with Crippen LogP contribution in [-0.2, 0) is 4.79 Å². The van der Waals surface area contributed by atoms with Gasteiger partial charge in [-0.15, -0.1) is 12.4 Å². The van der Waals surface area contributed by atoms with Crippen molar-refractivity contribution >= 4 is 24.0 Å². The number of nitrogens with one attached hydrogen (secondary N) is 1. The highest BCUT2D eigenvalue weighted by Crippen LogP contribution is 2.24. The van der Waals surface area contributed by atoms with E-state index in [2.05, 4.69) is 10.2 Å². The summed E-state index contributed by atoms with van der Waals surface area (Å²) in [7, 11) is 0. The molecule has 1 aliphatic heterocycles. The van der Waals surface area contributed by atoms with Crippen LogP contribution >= 0.6 is 12.4 Å². The molecule has 0 radical (unpaired) electrons. The van der Waals surface area contributed by atoms with Gasteiger partial charge < -0.3 is 15.8 Å². The Morgan fingerprint density at radius 2 is 2.17 bits per heavy atom. The number of para-hydroxylation sites is 2. The number of hydrogen-bond acceptors (Lipinski definition) is 4. The van der Waals surface area contributed by atoms with Crippen LogP contribution in [0, 0.1) is 0 Å². The maximum atomic E-state index is 12.4. The van der Waals surface area contributed by atoms with Crippen LogP contribution in [0.4, 0.5) is 5.69 Å². The highest BCUT2D eigenvalue weighted by Gasteiger charge is 2.27. The predicted molar refractivity (Wildman–Crippen MR) is 96.4 cm³/mol. The van der Waals surface area contributed by atoms with E-state index in [9.17, 15) is 4.79 Å². The predicted octanol–water partition coefficient (Wildman–Crippen LogP) is 2.65. The summed E-state index contributed by atoms with van der Waals surface area (Å²) in [5.74, 6) is 0.695. The average molecular weight is 342 g/mol. The third-order valence-electron chi connectivity index (χ3n) is 4.08. The number of hydrogen-bond donors (Lipinski definition) is 2. The molecule has 130 valence electrons. The molecule has 6 heteroatoms. The van der Waals surface area contributed by atoms with Gasteiger partial charge in [0.1, 0.15) is 5.75 Å². The van der Waals surface area contributed by atoms with Crippen LogP contribution < -0.4 is 15.8 Å². The molecule has 1 amide bonds. The molecular formula is C17H28ClN3O2. The molecule has 1 fully saturated rings. The molecule has 1 heterocycles. The first-order valence-corrected chi connectivity index (χ1v) is 8.13. The molecule has 5 nitrogen and oxygen atoms in total.